The third-order valence-corrected chi connectivity index (χ3v) is 2.70. The minimum Gasteiger partial charge on any atom is -0.444 e. The number of likely N-dealkylation sites (tertiary alicyclic amines) is 1. The van der Waals surface area contributed by atoms with Crippen LogP contribution >= 0.6 is 0 Å². The first-order valence-corrected chi connectivity index (χ1v) is 6.04. The van der Waals surface area contributed by atoms with Crippen LogP contribution in [0.3, 0.4) is 0 Å². The number of ether oxygens (including phenoxy) is 1. The molecule has 1 saturated heterocycles. The zero-order valence-corrected chi connectivity index (χ0v) is 10.5. The lowest BCUT2D eigenvalue weighted by atomic mass is 10.1. The number of aliphatic hydroxyl groups is 1. The lowest BCUT2D eigenvalue weighted by Crippen LogP contribution is -2.39. The molecule has 1 fully saturated rings. The standard InChI is InChI=1S/C12H23NO3/c1-12(2,3)16-11(15)13-8-4-6-10(13)7-5-9-14/h10,14H,4-9H2,1-3H3. The van der Waals surface area contributed by atoms with Crippen LogP contribution < -0.4 is 0 Å². The maximum absolute atomic E-state index is 11.9. The number of carbonyl (C=O) groups excluding carboxylic acids is 1. The summed E-state index contributed by atoms with van der Waals surface area (Å²) in [5.74, 6) is 0. The summed E-state index contributed by atoms with van der Waals surface area (Å²) in [7, 11) is 0. The van der Waals surface area contributed by atoms with Crippen LogP contribution in [0.4, 0.5) is 4.79 Å². The fourth-order valence-corrected chi connectivity index (χ4v) is 2.02. The van der Waals surface area contributed by atoms with E-state index in [0.29, 0.717) is 0 Å². The molecule has 1 amide bonds. The molecule has 1 aliphatic heterocycles. The summed E-state index contributed by atoms with van der Waals surface area (Å²) in [6.45, 7) is 6.61. The number of hydrogen-bond acceptors (Lipinski definition) is 3. The van der Waals surface area contributed by atoms with Gasteiger partial charge in [-0.05, 0) is 46.5 Å². The molecule has 1 unspecified atom stereocenters. The molecule has 1 N–H and O–H groups in total. The number of aliphatic hydroxyl groups excluding tert-OH is 1. The number of rotatable bonds is 3. The molecule has 16 heavy (non-hydrogen) atoms. The Morgan fingerprint density at radius 3 is 2.75 bits per heavy atom. The lowest BCUT2D eigenvalue weighted by Gasteiger charge is -2.28. The van der Waals surface area contributed by atoms with Gasteiger partial charge in [0.05, 0.1) is 0 Å². The normalized spacial score (nSPS) is 21.2. The highest BCUT2D eigenvalue weighted by Gasteiger charge is 2.31. The van der Waals surface area contributed by atoms with E-state index >= 15 is 0 Å². The van der Waals surface area contributed by atoms with Crippen LogP contribution in [-0.2, 0) is 4.74 Å². The van der Waals surface area contributed by atoms with Crippen molar-refractivity contribution in [2.24, 2.45) is 0 Å². The molecule has 0 saturated carbocycles. The summed E-state index contributed by atoms with van der Waals surface area (Å²) < 4.78 is 5.36. The number of amides is 1. The van der Waals surface area contributed by atoms with Gasteiger partial charge < -0.3 is 14.7 Å². The third kappa shape index (κ3) is 4.00. The Kier molecular flexibility index (Phi) is 4.59. The van der Waals surface area contributed by atoms with E-state index in [1.807, 2.05) is 20.8 Å². The largest absolute Gasteiger partial charge is 0.444 e. The van der Waals surface area contributed by atoms with Gasteiger partial charge in [0, 0.05) is 19.2 Å². The highest BCUT2D eigenvalue weighted by atomic mass is 16.6. The van der Waals surface area contributed by atoms with Gasteiger partial charge in [-0.3, -0.25) is 0 Å². The fourth-order valence-electron chi connectivity index (χ4n) is 2.02. The van der Waals surface area contributed by atoms with E-state index in [1.54, 1.807) is 4.90 Å². The van der Waals surface area contributed by atoms with Gasteiger partial charge in [-0.25, -0.2) is 4.79 Å². The Bertz CT molecular complexity index is 235. The smallest absolute Gasteiger partial charge is 0.410 e. The Morgan fingerprint density at radius 1 is 1.50 bits per heavy atom. The maximum Gasteiger partial charge on any atom is 0.410 e. The molecule has 1 rings (SSSR count). The molecule has 0 radical (unpaired) electrons. The van der Waals surface area contributed by atoms with E-state index in [9.17, 15) is 4.79 Å². The van der Waals surface area contributed by atoms with Crippen molar-refractivity contribution in [2.75, 3.05) is 13.2 Å². The second-order valence-electron chi connectivity index (χ2n) is 5.34. The quantitative estimate of drug-likeness (QED) is 0.806. The molecule has 0 spiro atoms. The van der Waals surface area contributed by atoms with Gasteiger partial charge in [0.25, 0.3) is 0 Å². The summed E-state index contributed by atoms with van der Waals surface area (Å²) >= 11 is 0. The first-order valence-electron chi connectivity index (χ1n) is 6.04. The molecule has 0 aromatic heterocycles. The molecule has 1 heterocycles. The Morgan fingerprint density at radius 2 is 2.19 bits per heavy atom. The lowest BCUT2D eigenvalue weighted by molar-refractivity contribution is 0.0215. The van der Waals surface area contributed by atoms with Crippen molar-refractivity contribution in [1.29, 1.82) is 0 Å². The fraction of sp³-hybridized carbons (Fsp3) is 0.917. The minimum atomic E-state index is -0.429. The molecular weight excluding hydrogens is 206 g/mol. The van der Waals surface area contributed by atoms with Crippen molar-refractivity contribution in [1.82, 2.24) is 4.90 Å². The van der Waals surface area contributed by atoms with Gasteiger partial charge in [-0.2, -0.15) is 0 Å². The summed E-state index contributed by atoms with van der Waals surface area (Å²) in [5, 5.41) is 8.80. The molecule has 4 nitrogen and oxygen atoms in total. The zero-order chi connectivity index (χ0) is 12.2. The molecule has 0 aliphatic carbocycles. The molecule has 0 aromatic carbocycles. The minimum absolute atomic E-state index is 0.193. The summed E-state index contributed by atoms with van der Waals surface area (Å²) in [5.41, 5.74) is -0.429. The van der Waals surface area contributed by atoms with Crippen molar-refractivity contribution in [2.45, 2.75) is 58.1 Å². The van der Waals surface area contributed by atoms with Crippen LogP contribution in [0, 0.1) is 0 Å². The number of nitrogens with zero attached hydrogens (tertiary/aromatic N) is 1. The van der Waals surface area contributed by atoms with Crippen LogP contribution in [0.2, 0.25) is 0 Å². The van der Waals surface area contributed by atoms with Crippen molar-refractivity contribution in [3.8, 4) is 0 Å². The topological polar surface area (TPSA) is 49.8 Å². The van der Waals surface area contributed by atoms with E-state index in [2.05, 4.69) is 0 Å². The van der Waals surface area contributed by atoms with E-state index in [-0.39, 0.29) is 18.7 Å². The molecule has 0 bridgehead atoms. The molecule has 1 aliphatic rings. The molecule has 0 aromatic rings. The van der Waals surface area contributed by atoms with Gasteiger partial charge in [0.1, 0.15) is 5.60 Å². The Balaban J connectivity index is 2.47. The van der Waals surface area contributed by atoms with Gasteiger partial charge in [0.15, 0.2) is 0 Å². The molecular formula is C12H23NO3. The van der Waals surface area contributed by atoms with Gasteiger partial charge in [0.2, 0.25) is 0 Å². The third-order valence-electron chi connectivity index (χ3n) is 2.70. The number of hydrogen-bond donors (Lipinski definition) is 1. The second kappa shape index (κ2) is 5.53. The average molecular weight is 229 g/mol. The molecule has 1 atom stereocenters. The monoisotopic (exact) mass is 229 g/mol. The Labute approximate surface area is 97.6 Å². The second-order valence-corrected chi connectivity index (χ2v) is 5.34. The van der Waals surface area contributed by atoms with Crippen molar-refractivity contribution in [3.05, 3.63) is 0 Å². The number of carbonyl (C=O) groups is 1. The Hall–Kier alpha value is -0.770. The van der Waals surface area contributed by atoms with E-state index in [1.165, 1.54) is 0 Å². The van der Waals surface area contributed by atoms with Crippen molar-refractivity contribution < 1.29 is 14.6 Å². The summed E-state index contributed by atoms with van der Waals surface area (Å²) in [6, 6.07) is 0.252. The van der Waals surface area contributed by atoms with Gasteiger partial charge in [-0.1, -0.05) is 0 Å². The van der Waals surface area contributed by atoms with Gasteiger partial charge >= 0.3 is 6.09 Å². The van der Waals surface area contributed by atoms with E-state index in [4.69, 9.17) is 9.84 Å². The van der Waals surface area contributed by atoms with Crippen LogP contribution in [0.25, 0.3) is 0 Å². The zero-order valence-electron chi connectivity index (χ0n) is 10.5. The highest BCUT2D eigenvalue weighted by molar-refractivity contribution is 5.68. The molecule has 4 heteroatoms. The van der Waals surface area contributed by atoms with Crippen LogP contribution in [-0.4, -0.2) is 40.9 Å². The average Bonchev–Trinajstić information content (AvgIpc) is 2.59. The molecule has 94 valence electrons. The summed E-state index contributed by atoms with van der Waals surface area (Å²) in [4.78, 5) is 13.7. The summed E-state index contributed by atoms with van der Waals surface area (Å²) in [6.07, 6.45) is 3.47. The van der Waals surface area contributed by atoms with Crippen molar-refractivity contribution in [3.63, 3.8) is 0 Å². The maximum atomic E-state index is 11.9. The predicted octanol–water partition coefficient (Wildman–Crippen LogP) is 2.16. The SMILES string of the molecule is CC(C)(C)OC(=O)N1CCCC1CCCO. The first-order chi connectivity index (χ1) is 7.44. The van der Waals surface area contributed by atoms with Gasteiger partial charge in [-0.15, -0.1) is 0 Å². The highest BCUT2D eigenvalue weighted by Crippen LogP contribution is 2.23. The van der Waals surface area contributed by atoms with Crippen LogP contribution in [0.15, 0.2) is 0 Å². The van der Waals surface area contributed by atoms with E-state index < -0.39 is 5.60 Å². The van der Waals surface area contributed by atoms with E-state index in [0.717, 1.165) is 32.2 Å². The van der Waals surface area contributed by atoms with Crippen LogP contribution in [0.5, 0.6) is 0 Å². The van der Waals surface area contributed by atoms with Crippen LogP contribution in [0.1, 0.15) is 46.5 Å². The first kappa shape index (κ1) is 13.3. The predicted molar refractivity (Wildman–Crippen MR) is 62.3 cm³/mol. The van der Waals surface area contributed by atoms with Crippen molar-refractivity contribution >= 4 is 6.09 Å².